The number of carbonyl (C=O) groups excluding carboxylic acids is 2. The number of hydrogen-bond acceptors (Lipinski definition) is 3. The van der Waals surface area contributed by atoms with Gasteiger partial charge in [0.05, 0.1) is 22.8 Å². The maximum absolute atomic E-state index is 13.5. The van der Waals surface area contributed by atoms with E-state index in [2.05, 4.69) is 0 Å². The number of benzene rings is 2. The van der Waals surface area contributed by atoms with Gasteiger partial charge < -0.3 is 15.4 Å². The Bertz CT molecular complexity index is 844. The molecule has 8 heteroatoms. The van der Waals surface area contributed by atoms with E-state index in [0.717, 1.165) is 12.1 Å². The number of primary amides is 1. The molecule has 5 nitrogen and oxygen atoms in total. The number of halogens is 3. The third-order valence-electron chi connectivity index (χ3n) is 3.58. The Balaban J connectivity index is 2.06. The highest BCUT2D eigenvalue weighted by Crippen LogP contribution is 2.35. The van der Waals surface area contributed by atoms with Gasteiger partial charge in [0, 0.05) is 0 Å². The van der Waals surface area contributed by atoms with Crippen LogP contribution in [0.25, 0.3) is 0 Å². The highest BCUT2D eigenvalue weighted by molar-refractivity contribution is 6.34. The van der Waals surface area contributed by atoms with Crippen LogP contribution < -0.4 is 15.4 Å². The van der Waals surface area contributed by atoms with E-state index in [1.54, 1.807) is 24.3 Å². The summed E-state index contributed by atoms with van der Waals surface area (Å²) in [6.07, 6.45) is -1.06. The van der Waals surface area contributed by atoms with Crippen LogP contribution in [0.2, 0.25) is 5.02 Å². The number of fused-ring (bicyclic) bond motifs is 1. The molecule has 2 aromatic carbocycles. The fraction of sp³-hybridized carbons (Fsp3) is 0.125. The van der Waals surface area contributed by atoms with E-state index < -0.39 is 29.6 Å². The molecule has 3 rings (SSSR count). The molecular formula is C16H11ClF2N2O3. The van der Waals surface area contributed by atoms with E-state index in [-0.39, 0.29) is 22.9 Å². The van der Waals surface area contributed by atoms with Gasteiger partial charge in [0.1, 0.15) is 5.75 Å². The van der Waals surface area contributed by atoms with Crippen LogP contribution in [0.1, 0.15) is 10.4 Å². The maximum Gasteiger partial charge on any atom is 0.260 e. The second kappa shape index (κ2) is 6.09. The number of nitrogens with two attached hydrogens (primary N) is 1. The minimum atomic E-state index is -1.20. The number of ether oxygens (including phenoxy) is 1. The van der Waals surface area contributed by atoms with Gasteiger partial charge in [-0.3, -0.25) is 9.59 Å². The molecule has 0 fully saturated rings. The molecule has 0 radical (unpaired) electrons. The number of nitrogens with zero attached hydrogens (tertiary/aromatic N) is 1. The fourth-order valence-corrected chi connectivity index (χ4v) is 2.64. The Morgan fingerprint density at radius 3 is 2.58 bits per heavy atom. The summed E-state index contributed by atoms with van der Waals surface area (Å²) in [6, 6.07) is 7.94. The smallest absolute Gasteiger partial charge is 0.260 e. The second-order valence-electron chi connectivity index (χ2n) is 5.14. The monoisotopic (exact) mass is 352 g/mol. The van der Waals surface area contributed by atoms with Crippen LogP contribution >= 0.6 is 11.6 Å². The van der Waals surface area contributed by atoms with Crippen LogP contribution in [-0.4, -0.2) is 24.5 Å². The third-order valence-corrected chi connectivity index (χ3v) is 3.89. The van der Waals surface area contributed by atoms with Crippen LogP contribution in [0.5, 0.6) is 5.75 Å². The molecular weight excluding hydrogens is 342 g/mol. The zero-order valence-corrected chi connectivity index (χ0v) is 12.9. The van der Waals surface area contributed by atoms with E-state index in [9.17, 15) is 18.4 Å². The van der Waals surface area contributed by atoms with Gasteiger partial charge in [0.25, 0.3) is 11.8 Å². The highest BCUT2D eigenvalue weighted by Gasteiger charge is 2.34. The van der Waals surface area contributed by atoms with Gasteiger partial charge in [0.2, 0.25) is 0 Å². The number of para-hydroxylation sites is 2. The van der Waals surface area contributed by atoms with Gasteiger partial charge in [-0.25, -0.2) is 8.78 Å². The van der Waals surface area contributed by atoms with Gasteiger partial charge >= 0.3 is 0 Å². The summed E-state index contributed by atoms with van der Waals surface area (Å²) in [5.41, 5.74) is 5.41. The first-order chi connectivity index (χ1) is 11.4. The topological polar surface area (TPSA) is 72.6 Å². The number of hydrogen-bond donors (Lipinski definition) is 1. The highest BCUT2D eigenvalue weighted by atomic mass is 35.5. The summed E-state index contributed by atoms with van der Waals surface area (Å²) in [5.74, 6) is -3.52. The number of carbonyl (C=O) groups is 2. The average molecular weight is 353 g/mol. The molecule has 0 unspecified atom stereocenters. The van der Waals surface area contributed by atoms with Crippen LogP contribution in [0.3, 0.4) is 0 Å². The molecule has 24 heavy (non-hydrogen) atoms. The SMILES string of the molecule is NC(=O)[C@@H]1CN(C(=O)c2cc(F)c(F)cc2Cl)c2ccccc2O1. The van der Waals surface area contributed by atoms with Crippen molar-refractivity contribution in [1.29, 1.82) is 0 Å². The van der Waals surface area contributed by atoms with Crippen LogP contribution in [0.4, 0.5) is 14.5 Å². The Kier molecular flexibility index (Phi) is 4.11. The molecule has 0 saturated carbocycles. The Labute approximate surface area is 140 Å². The zero-order valence-electron chi connectivity index (χ0n) is 12.1. The molecule has 0 aliphatic carbocycles. The lowest BCUT2D eigenvalue weighted by atomic mass is 10.1. The summed E-state index contributed by atoms with van der Waals surface area (Å²) >= 11 is 5.86. The Morgan fingerprint density at radius 2 is 1.88 bits per heavy atom. The van der Waals surface area contributed by atoms with Crippen molar-refractivity contribution in [2.24, 2.45) is 5.73 Å². The molecule has 2 N–H and O–H groups in total. The van der Waals surface area contributed by atoms with Crippen molar-refractivity contribution < 1.29 is 23.1 Å². The predicted octanol–water partition coefficient (Wildman–Crippen LogP) is 2.51. The standard InChI is InChI=1S/C16H11ClF2N2O3/c17-9-6-11(19)10(18)5-8(9)16(23)21-7-14(15(20)22)24-13-4-2-1-3-12(13)21/h1-6,14H,7H2,(H2,20,22)/t14-/m0/s1. The van der Waals surface area contributed by atoms with Crippen molar-refractivity contribution in [3.63, 3.8) is 0 Å². The first-order valence-electron chi connectivity index (χ1n) is 6.90. The lowest BCUT2D eigenvalue weighted by Crippen LogP contribution is -2.49. The van der Waals surface area contributed by atoms with E-state index in [0.29, 0.717) is 5.69 Å². The van der Waals surface area contributed by atoms with Crippen LogP contribution in [-0.2, 0) is 4.79 Å². The van der Waals surface area contributed by atoms with Crippen molar-refractivity contribution in [3.8, 4) is 5.75 Å². The van der Waals surface area contributed by atoms with E-state index in [4.69, 9.17) is 22.1 Å². The normalized spacial score (nSPS) is 16.3. The molecule has 0 aromatic heterocycles. The van der Waals surface area contributed by atoms with Crippen molar-refractivity contribution >= 4 is 29.1 Å². The van der Waals surface area contributed by atoms with Crippen LogP contribution in [0, 0.1) is 11.6 Å². The van der Waals surface area contributed by atoms with Gasteiger partial charge in [-0.15, -0.1) is 0 Å². The number of anilines is 1. The summed E-state index contributed by atoms with van der Waals surface area (Å²) in [6.45, 7) is -0.166. The molecule has 1 aliphatic rings. The minimum Gasteiger partial charge on any atom is -0.477 e. The van der Waals surface area contributed by atoms with E-state index in [1.807, 2.05) is 0 Å². The van der Waals surface area contributed by atoms with E-state index in [1.165, 1.54) is 4.90 Å². The average Bonchev–Trinajstić information content (AvgIpc) is 2.56. The van der Waals surface area contributed by atoms with Gasteiger partial charge in [0.15, 0.2) is 17.7 Å². The first kappa shape index (κ1) is 16.2. The molecule has 1 heterocycles. The van der Waals surface area contributed by atoms with E-state index >= 15 is 0 Å². The first-order valence-corrected chi connectivity index (χ1v) is 7.27. The molecule has 0 bridgehead atoms. The molecule has 124 valence electrons. The minimum absolute atomic E-state index is 0.166. The van der Waals surface area contributed by atoms with Gasteiger partial charge in [-0.2, -0.15) is 0 Å². The molecule has 2 amide bonds. The zero-order chi connectivity index (χ0) is 17.4. The Hall–Kier alpha value is -2.67. The van der Waals surface area contributed by atoms with Crippen molar-refractivity contribution in [2.45, 2.75) is 6.10 Å². The summed E-state index contributed by atoms with van der Waals surface area (Å²) < 4.78 is 32.1. The maximum atomic E-state index is 13.5. The quantitative estimate of drug-likeness (QED) is 0.844. The lowest BCUT2D eigenvalue weighted by molar-refractivity contribution is -0.124. The van der Waals surface area contributed by atoms with Gasteiger partial charge in [-0.05, 0) is 24.3 Å². The molecule has 1 aliphatic heterocycles. The van der Waals surface area contributed by atoms with Crippen molar-refractivity contribution in [2.75, 3.05) is 11.4 Å². The van der Waals surface area contributed by atoms with Crippen molar-refractivity contribution in [1.82, 2.24) is 0 Å². The summed E-state index contributed by atoms with van der Waals surface area (Å²) in [4.78, 5) is 25.4. The van der Waals surface area contributed by atoms with Crippen LogP contribution in [0.15, 0.2) is 36.4 Å². The molecule has 0 saturated heterocycles. The summed E-state index contributed by atoms with van der Waals surface area (Å²) in [7, 11) is 0. The fourth-order valence-electron chi connectivity index (χ4n) is 2.41. The molecule has 0 spiro atoms. The molecule has 1 atom stereocenters. The van der Waals surface area contributed by atoms with Crippen molar-refractivity contribution in [3.05, 3.63) is 58.6 Å². The molecule has 2 aromatic rings. The third kappa shape index (κ3) is 2.78. The predicted molar refractivity (Wildman–Crippen MR) is 83.1 cm³/mol. The number of amides is 2. The second-order valence-corrected chi connectivity index (χ2v) is 5.55. The largest absolute Gasteiger partial charge is 0.477 e. The van der Waals surface area contributed by atoms with Gasteiger partial charge in [-0.1, -0.05) is 23.7 Å². The number of rotatable bonds is 2. The summed E-state index contributed by atoms with van der Waals surface area (Å²) in [5, 5.41) is -0.238. The lowest BCUT2D eigenvalue weighted by Gasteiger charge is -2.33. The Morgan fingerprint density at radius 1 is 1.21 bits per heavy atom.